The predicted molar refractivity (Wildman–Crippen MR) is 201 cm³/mol. The second kappa shape index (κ2) is 18.0. The van der Waals surface area contributed by atoms with Crippen LogP contribution in [0.4, 0.5) is 0 Å². The minimum absolute atomic E-state index is 0.0466. The number of ether oxygens (including phenoxy) is 2. The zero-order chi connectivity index (χ0) is 35.3. The van der Waals surface area contributed by atoms with E-state index in [1.165, 1.54) is 0 Å². The Labute approximate surface area is 295 Å². The highest BCUT2D eigenvalue weighted by atomic mass is 16.5. The summed E-state index contributed by atoms with van der Waals surface area (Å²) in [6, 6.07) is 33.8. The molecule has 2 atom stereocenters. The molecule has 0 fully saturated rings. The number of hydrogen-bond donors (Lipinski definition) is 2. The summed E-state index contributed by atoms with van der Waals surface area (Å²) in [5.41, 5.74) is 4.65. The van der Waals surface area contributed by atoms with Crippen molar-refractivity contribution in [2.45, 2.75) is 58.7 Å². The number of benzene rings is 4. The van der Waals surface area contributed by atoms with E-state index in [1.54, 1.807) is 13.2 Å². The molecule has 2 unspecified atom stereocenters. The van der Waals surface area contributed by atoms with Crippen molar-refractivity contribution in [3.63, 3.8) is 0 Å². The molecule has 2 N–H and O–H groups in total. The maximum Gasteiger partial charge on any atom is 0.252 e. The Morgan fingerprint density at radius 1 is 0.800 bits per heavy atom. The van der Waals surface area contributed by atoms with Crippen molar-refractivity contribution >= 4 is 22.7 Å². The van der Waals surface area contributed by atoms with Crippen LogP contribution in [-0.4, -0.2) is 60.5 Å². The van der Waals surface area contributed by atoms with Crippen molar-refractivity contribution in [3.05, 3.63) is 126 Å². The smallest absolute Gasteiger partial charge is 0.252 e. The molecule has 5 aromatic rings. The van der Waals surface area contributed by atoms with Crippen molar-refractivity contribution in [1.29, 1.82) is 0 Å². The van der Waals surface area contributed by atoms with Gasteiger partial charge in [-0.3, -0.25) is 9.59 Å². The molecule has 0 saturated carbocycles. The number of carbonyl (C=O) groups excluding carboxylic acids is 2. The van der Waals surface area contributed by atoms with Gasteiger partial charge in [0.1, 0.15) is 24.1 Å². The topological polar surface area (TPSA) is 92.8 Å². The van der Waals surface area contributed by atoms with Gasteiger partial charge in [0, 0.05) is 23.4 Å². The van der Waals surface area contributed by atoms with Gasteiger partial charge in [-0.05, 0) is 99.1 Å². The Morgan fingerprint density at radius 3 is 2.18 bits per heavy atom. The minimum atomic E-state index is -0.805. The number of nitrogens with one attached hydrogen (secondary N) is 2. The van der Waals surface area contributed by atoms with Crippen LogP contribution in [0.15, 0.2) is 109 Å². The van der Waals surface area contributed by atoms with Crippen LogP contribution in [0.2, 0.25) is 0 Å². The molecule has 0 spiro atoms. The van der Waals surface area contributed by atoms with Crippen molar-refractivity contribution in [1.82, 2.24) is 20.5 Å². The van der Waals surface area contributed by atoms with Gasteiger partial charge in [0.15, 0.2) is 0 Å². The van der Waals surface area contributed by atoms with Gasteiger partial charge in [-0.1, -0.05) is 74.5 Å². The number of amides is 2. The molecule has 0 aliphatic carbocycles. The summed E-state index contributed by atoms with van der Waals surface area (Å²) in [4.78, 5) is 35.3. The number of hydrogen-bond acceptors (Lipinski definition) is 6. The normalized spacial score (nSPS) is 12.3. The molecule has 50 heavy (non-hydrogen) atoms. The van der Waals surface area contributed by atoms with Crippen LogP contribution in [-0.2, 0) is 17.8 Å². The number of para-hydroxylation sites is 1. The second-order valence-electron chi connectivity index (χ2n) is 12.5. The molecule has 4 aromatic carbocycles. The molecule has 0 radical (unpaired) electrons. The fourth-order valence-electron chi connectivity index (χ4n) is 5.99. The first kappa shape index (κ1) is 36.1. The molecule has 5 rings (SSSR count). The van der Waals surface area contributed by atoms with E-state index in [1.807, 2.05) is 110 Å². The van der Waals surface area contributed by atoms with Gasteiger partial charge in [-0.2, -0.15) is 0 Å². The maximum atomic E-state index is 14.2. The van der Waals surface area contributed by atoms with Crippen LogP contribution >= 0.6 is 0 Å². The van der Waals surface area contributed by atoms with E-state index in [0.717, 1.165) is 60.7 Å². The summed E-state index contributed by atoms with van der Waals surface area (Å²) >= 11 is 0. The first-order valence-electron chi connectivity index (χ1n) is 17.5. The van der Waals surface area contributed by atoms with Crippen LogP contribution in [0.5, 0.6) is 11.5 Å². The van der Waals surface area contributed by atoms with E-state index in [4.69, 9.17) is 14.5 Å². The number of fused-ring (bicyclic) bond motifs is 1. The van der Waals surface area contributed by atoms with E-state index < -0.39 is 6.04 Å². The number of carbonyl (C=O) groups is 2. The lowest BCUT2D eigenvalue weighted by Gasteiger charge is -2.23. The van der Waals surface area contributed by atoms with Gasteiger partial charge < -0.3 is 25.0 Å². The van der Waals surface area contributed by atoms with Gasteiger partial charge in [-0.15, -0.1) is 0 Å². The Bertz CT molecular complexity index is 1820. The van der Waals surface area contributed by atoms with E-state index in [0.29, 0.717) is 35.2 Å². The van der Waals surface area contributed by atoms with Crippen molar-refractivity contribution < 1.29 is 19.1 Å². The van der Waals surface area contributed by atoms with Crippen molar-refractivity contribution in [2.75, 3.05) is 26.7 Å². The monoisotopic (exact) mass is 672 g/mol. The molecule has 0 bridgehead atoms. The van der Waals surface area contributed by atoms with Crippen LogP contribution in [0, 0.1) is 0 Å². The molecule has 0 aliphatic rings. The van der Waals surface area contributed by atoms with Gasteiger partial charge in [0.2, 0.25) is 5.91 Å². The van der Waals surface area contributed by atoms with Gasteiger partial charge in [-0.25, -0.2) is 4.98 Å². The number of rotatable bonds is 17. The molecule has 0 aliphatic heterocycles. The summed E-state index contributed by atoms with van der Waals surface area (Å²) in [5, 5.41) is 6.99. The highest BCUT2D eigenvalue weighted by Crippen LogP contribution is 2.27. The number of nitrogens with zero attached hydrogens (tertiary/aromatic N) is 2. The quantitative estimate of drug-likeness (QED) is 0.107. The average Bonchev–Trinajstić information content (AvgIpc) is 3.16. The third-order valence-corrected chi connectivity index (χ3v) is 8.97. The lowest BCUT2D eigenvalue weighted by atomic mass is 10.0. The summed E-state index contributed by atoms with van der Waals surface area (Å²) in [5.74, 6) is 0.917. The van der Waals surface area contributed by atoms with Gasteiger partial charge >= 0.3 is 0 Å². The summed E-state index contributed by atoms with van der Waals surface area (Å²) in [6.45, 7) is 9.81. The van der Waals surface area contributed by atoms with Crippen LogP contribution in [0.25, 0.3) is 22.2 Å². The fraction of sp³-hybridized carbons (Fsp3) is 0.310. The summed E-state index contributed by atoms with van der Waals surface area (Å²) in [6.07, 6.45) is 2.13. The lowest BCUT2D eigenvalue weighted by Crippen LogP contribution is -2.50. The highest BCUT2D eigenvalue weighted by Gasteiger charge is 2.25. The minimum Gasteiger partial charge on any atom is -0.497 e. The second-order valence-corrected chi connectivity index (χ2v) is 12.5. The number of methoxy groups -OCH3 is 1. The van der Waals surface area contributed by atoms with E-state index in [-0.39, 0.29) is 17.9 Å². The average molecular weight is 673 g/mol. The molecule has 0 saturated heterocycles. The number of pyridine rings is 1. The first-order chi connectivity index (χ1) is 24.4. The van der Waals surface area contributed by atoms with Crippen molar-refractivity contribution in [2.24, 2.45) is 0 Å². The molecule has 8 heteroatoms. The SMILES string of the molecule is CCN(CC)CCCC(C)NC(=O)C(Cc1ccc(OCc2ccccc2)cc1)NC(=O)c1cc(-c2ccc(OC)cc2)nc2ccccc12. The molecule has 8 nitrogen and oxygen atoms in total. The number of aromatic nitrogens is 1. The van der Waals surface area contributed by atoms with Gasteiger partial charge in [0.05, 0.1) is 23.9 Å². The van der Waals surface area contributed by atoms with E-state index in [9.17, 15) is 9.59 Å². The largest absolute Gasteiger partial charge is 0.497 e. The van der Waals surface area contributed by atoms with Gasteiger partial charge in [0.25, 0.3) is 5.91 Å². The molecule has 1 heterocycles. The third kappa shape index (κ3) is 9.92. The third-order valence-electron chi connectivity index (χ3n) is 8.97. The summed E-state index contributed by atoms with van der Waals surface area (Å²) < 4.78 is 11.3. The van der Waals surface area contributed by atoms with Crippen LogP contribution < -0.4 is 20.1 Å². The summed E-state index contributed by atoms with van der Waals surface area (Å²) in [7, 11) is 1.62. The van der Waals surface area contributed by atoms with Crippen LogP contribution in [0.3, 0.4) is 0 Å². The first-order valence-corrected chi connectivity index (χ1v) is 17.5. The highest BCUT2D eigenvalue weighted by molar-refractivity contribution is 6.08. The Balaban J connectivity index is 1.36. The molecule has 1 aromatic heterocycles. The molecular weight excluding hydrogens is 624 g/mol. The lowest BCUT2D eigenvalue weighted by molar-refractivity contribution is -0.123. The van der Waals surface area contributed by atoms with Crippen molar-refractivity contribution in [3.8, 4) is 22.8 Å². The fourth-order valence-corrected chi connectivity index (χ4v) is 5.99. The van der Waals surface area contributed by atoms with E-state index >= 15 is 0 Å². The zero-order valence-electron chi connectivity index (χ0n) is 29.5. The molecular formula is C42H48N4O4. The Kier molecular flexibility index (Phi) is 13.0. The van der Waals surface area contributed by atoms with E-state index in [2.05, 4.69) is 29.4 Å². The Hall–Kier alpha value is -5.21. The molecule has 260 valence electrons. The predicted octanol–water partition coefficient (Wildman–Crippen LogP) is 7.46. The standard InChI is InChI=1S/C42H48N4O4/c1-5-46(6-2)26-12-13-30(3)43-42(48)40(27-31-18-22-35(23-19-31)50-29-32-14-8-7-9-15-32)45-41(47)37-28-39(33-20-24-34(49-4)25-21-33)44-38-17-11-10-16-36(37)38/h7-11,14-25,28,30,40H,5-6,12-13,26-27,29H2,1-4H3,(H,43,48)(H,45,47). The van der Waals surface area contributed by atoms with Crippen LogP contribution in [0.1, 0.15) is 55.1 Å². The maximum absolute atomic E-state index is 14.2. The molecule has 2 amide bonds. The Morgan fingerprint density at radius 2 is 1.48 bits per heavy atom. The zero-order valence-corrected chi connectivity index (χ0v) is 29.5.